The smallest absolute Gasteiger partial charge is 0.286 e. The van der Waals surface area contributed by atoms with E-state index in [9.17, 15) is 9.59 Å². The second-order valence-corrected chi connectivity index (χ2v) is 6.40. The Bertz CT molecular complexity index is 1030. The molecule has 1 aliphatic rings. The van der Waals surface area contributed by atoms with E-state index in [4.69, 9.17) is 5.73 Å². The Hall–Kier alpha value is -3.55. The summed E-state index contributed by atoms with van der Waals surface area (Å²) in [4.78, 5) is 34.2. The van der Waals surface area contributed by atoms with Crippen molar-refractivity contribution in [1.29, 1.82) is 0 Å². The molecule has 0 unspecified atom stereocenters. The van der Waals surface area contributed by atoms with Crippen molar-refractivity contribution in [2.24, 2.45) is 5.73 Å². The van der Waals surface area contributed by atoms with Gasteiger partial charge in [-0.3, -0.25) is 9.59 Å². The molecular formula is C19H18N6O2. The number of nitrogens with two attached hydrogens (primary N) is 1. The second-order valence-electron chi connectivity index (χ2n) is 6.40. The number of fused-ring (bicyclic) bond motifs is 1. The van der Waals surface area contributed by atoms with E-state index < -0.39 is 5.91 Å². The van der Waals surface area contributed by atoms with Gasteiger partial charge in [0, 0.05) is 12.7 Å². The first-order valence-electron chi connectivity index (χ1n) is 8.58. The summed E-state index contributed by atoms with van der Waals surface area (Å²) in [6.07, 6.45) is 3.84. The van der Waals surface area contributed by atoms with Crippen LogP contribution >= 0.6 is 0 Å². The third kappa shape index (κ3) is 3.05. The van der Waals surface area contributed by atoms with Crippen molar-refractivity contribution in [1.82, 2.24) is 24.6 Å². The van der Waals surface area contributed by atoms with Crippen molar-refractivity contribution in [2.75, 3.05) is 6.54 Å². The van der Waals surface area contributed by atoms with Crippen LogP contribution in [0.15, 0.2) is 42.7 Å². The lowest BCUT2D eigenvalue weighted by Gasteiger charge is -2.28. The number of rotatable bonds is 3. The van der Waals surface area contributed by atoms with E-state index in [0.717, 1.165) is 16.9 Å². The van der Waals surface area contributed by atoms with Crippen molar-refractivity contribution < 1.29 is 9.59 Å². The van der Waals surface area contributed by atoms with Crippen LogP contribution in [0.2, 0.25) is 0 Å². The van der Waals surface area contributed by atoms with E-state index in [2.05, 4.69) is 15.1 Å². The number of benzene rings is 1. The van der Waals surface area contributed by atoms with Crippen LogP contribution in [0.3, 0.4) is 0 Å². The molecule has 8 nitrogen and oxygen atoms in total. The zero-order chi connectivity index (χ0) is 19.0. The molecule has 27 heavy (non-hydrogen) atoms. The summed E-state index contributed by atoms with van der Waals surface area (Å²) in [6.45, 7) is 2.74. The van der Waals surface area contributed by atoms with Gasteiger partial charge in [-0.1, -0.05) is 18.2 Å². The molecule has 2 aromatic heterocycles. The molecule has 1 aromatic carbocycles. The molecule has 136 valence electrons. The maximum atomic E-state index is 13.0. The molecule has 8 heteroatoms. The number of primary amides is 1. The van der Waals surface area contributed by atoms with Gasteiger partial charge in [0.05, 0.1) is 35.4 Å². The SMILES string of the molecule is Cc1c(C(=O)N2CCc3cnc(C(N)=O)nc3C2)cnn1-c1ccccc1. The molecule has 0 aliphatic carbocycles. The van der Waals surface area contributed by atoms with Gasteiger partial charge in [-0.25, -0.2) is 14.6 Å². The van der Waals surface area contributed by atoms with Crippen LogP contribution in [-0.4, -0.2) is 43.0 Å². The standard InChI is InChI=1S/C19H18N6O2/c1-12-15(10-22-25(12)14-5-3-2-4-6-14)19(27)24-8-7-13-9-21-18(17(20)26)23-16(13)11-24/h2-6,9-10H,7-8,11H2,1H3,(H2,20,26). The molecule has 0 bridgehead atoms. The minimum absolute atomic E-state index is 0.0314. The molecule has 0 saturated heterocycles. The van der Waals surface area contributed by atoms with E-state index in [1.165, 1.54) is 0 Å². The number of nitrogens with zero attached hydrogens (tertiary/aromatic N) is 5. The number of amides is 2. The van der Waals surface area contributed by atoms with Gasteiger partial charge in [0.1, 0.15) is 0 Å². The zero-order valence-corrected chi connectivity index (χ0v) is 14.8. The highest BCUT2D eigenvalue weighted by atomic mass is 16.2. The van der Waals surface area contributed by atoms with Crippen molar-refractivity contribution in [3.63, 3.8) is 0 Å². The minimum Gasteiger partial charge on any atom is -0.363 e. The van der Waals surface area contributed by atoms with E-state index in [1.54, 1.807) is 22.0 Å². The molecular weight excluding hydrogens is 344 g/mol. The molecule has 0 fully saturated rings. The molecule has 2 N–H and O–H groups in total. The van der Waals surface area contributed by atoms with Crippen molar-refractivity contribution in [3.05, 3.63) is 71.1 Å². The summed E-state index contributed by atoms with van der Waals surface area (Å²) in [7, 11) is 0. The van der Waals surface area contributed by atoms with Gasteiger partial charge in [-0.2, -0.15) is 5.10 Å². The van der Waals surface area contributed by atoms with E-state index >= 15 is 0 Å². The summed E-state index contributed by atoms with van der Waals surface area (Å²) in [5.74, 6) is -0.822. The van der Waals surface area contributed by atoms with Crippen LogP contribution in [0.25, 0.3) is 5.69 Å². The zero-order valence-electron chi connectivity index (χ0n) is 14.8. The topological polar surface area (TPSA) is 107 Å². The summed E-state index contributed by atoms with van der Waals surface area (Å²) in [6, 6.07) is 9.66. The van der Waals surface area contributed by atoms with E-state index in [0.29, 0.717) is 30.8 Å². The molecule has 2 amide bonds. The summed E-state index contributed by atoms with van der Waals surface area (Å²) >= 11 is 0. The maximum Gasteiger partial charge on any atom is 0.286 e. The highest BCUT2D eigenvalue weighted by Crippen LogP contribution is 2.21. The third-order valence-electron chi connectivity index (χ3n) is 4.69. The molecule has 3 heterocycles. The van der Waals surface area contributed by atoms with Gasteiger partial charge in [0.15, 0.2) is 0 Å². The number of hydrogen-bond donors (Lipinski definition) is 1. The van der Waals surface area contributed by atoms with Crippen LogP contribution in [0.5, 0.6) is 0 Å². The Labute approximate surface area is 155 Å². The number of carbonyl (C=O) groups is 2. The van der Waals surface area contributed by atoms with Crippen LogP contribution in [0, 0.1) is 6.92 Å². The average molecular weight is 362 g/mol. The Morgan fingerprint density at radius 1 is 1.15 bits per heavy atom. The fourth-order valence-corrected chi connectivity index (χ4v) is 3.21. The summed E-state index contributed by atoms with van der Waals surface area (Å²) in [5.41, 5.74) is 9.07. The predicted molar refractivity (Wildman–Crippen MR) is 97.3 cm³/mol. The van der Waals surface area contributed by atoms with Gasteiger partial charge in [0.25, 0.3) is 11.8 Å². The number of hydrogen-bond acceptors (Lipinski definition) is 5. The largest absolute Gasteiger partial charge is 0.363 e. The van der Waals surface area contributed by atoms with Crippen molar-refractivity contribution >= 4 is 11.8 Å². The minimum atomic E-state index is -0.679. The van der Waals surface area contributed by atoms with Crippen molar-refractivity contribution in [2.45, 2.75) is 19.9 Å². The maximum absolute atomic E-state index is 13.0. The number of aromatic nitrogens is 4. The quantitative estimate of drug-likeness (QED) is 0.755. The van der Waals surface area contributed by atoms with Crippen LogP contribution in [-0.2, 0) is 13.0 Å². The fourth-order valence-electron chi connectivity index (χ4n) is 3.21. The Kier molecular flexibility index (Phi) is 4.15. The van der Waals surface area contributed by atoms with E-state index in [-0.39, 0.29) is 11.7 Å². The van der Waals surface area contributed by atoms with Gasteiger partial charge in [-0.15, -0.1) is 0 Å². The number of para-hydroxylation sites is 1. The first kappa shape index (κ1) is 16.9. The van der Waals surface area contributed by atoms with Crippen LogP contribution < -0.4 is 5.73 Å². The Morgan fingerprint density at radius 3 is 2.67 bits per heavy atom. The first-order chi connectivity index (χ1) is 13.0. The first-order valence-corrected chi connectivity index (χ1v) is 8.58. The fraction of sp³-hybridized carbons (Fsp3) is 0.211. The van der Waals surface area contributed by atoms with Gasteiger partial charge >= 0.3 is 0 Å². The summed E-state index contributed by atoms with van der Waals surface area (Å²) < 4.78 is 1.75. The van der Waals surface area contributed by atoms with Gasteiger partial charge in [0.2, 0.25) is 5.82 Å². The highest BCUT2D eigenvalue weighted by Gasteiger charge is 2.26. The second kappa shape index (κ2) is 6.64. The Balaban J connectivity index is 1.60. The monoisotopic (exact) mass is 362 g/mol. The highest BCUT2D eigenvalue weighted by molar-refractivity contribution is 5.95. The average Bonchev–Trinajstić information content (AvgIpc) is 3.08. The number of carbonyl (C=O) groups excluding carboxylic acids is 2. The van der Waals surface area contributed by atoms with Gasteiger partial charge < -0.3 is 10.6 Å². The molecule has 0 spiro atoms. The van der Waals surface area contributed by atoms with Crippen LogP contribution in [0.1, 0.15) is 37.9 Å². The molecule has 0 saturated carbocycles. The van der Waals surface area contributed by atoms with Crippen molar-refractivity contribution in [3.8, 4) is 5.69 Å². The molecule has 4 rings (SSSR count). The normalized spacial score (nSPS) is 13.3. The molecule has 0 radical (unpaired) electrons. The lowest BCUT2D eigenvalue weighted by molar-refractivity contribution is 0.0731. The molecule has 3 aromatic rings. The lowest BCUT2D eigenvalue weighted by Crippen LogP contribution is -2.37. The predicted octanol–water partition coefficient (Wildman–Crippen LogP) is 1.27. The third-order valence-corrected chi connectivity index (χ3v) is 4.69. The summed E-state index contributed by atoms with van der Waals surface area (Å²) in [5, 5.41) is 4.37. The van der Waals surface area contributed by atoms with E-state index in [1.807, 2.05) is 37.3 Å². The Morgan fingerprint density at radius 2 is 1.93 bits per heavy atom. The van der Waals surface area contributed by atoms with Crippen LogP contribution in [0.4, 0.5) is 0 Å². The molecule has 1 aliphatic heterocycles. The lowest BCUT2D eigenvalue weighted by atomic mass is 10.1. The van der Waals surface area contributed by atoms with Gasteiger partial charge in [-0.05, 0) is 31.0 Å². The molecule has 0 atom stereocenters.